The van der Waals surface area contributed by atoms with Crippen LogP contribution in [0.25, 0.3) is 0 Å². The van der Waals surface area contributed by atoms with Gasteiger partial charge in [-0.05, 0) is 68.0 Å². The first-order valence-electron chi connectivity index (χ1n) is 38.0. The summed E-state index contributed by atoms with van der Waals surface area (Å²) in [5.74, 6) is -4.41. The fraction of sp³-hybridized carbons (Fsp3) is 0.627. The Labute approximate surface area is 660 Å². The van der Waals surface area contributed by atoms with Gasteiger partial charge in [0.25, 0.3) is 0 Å². The van der Waals surface area contributed by atoms with Crippen molar-refractivity contribution in [1.82, 2.24) is 60.0 Å². The number of carbonyl (C=O) groups is 8. The second-order valence-electron chi connectivity index (χ2n) is 25.9. The highest BCUT2D eigenvalue weighted by Gasteiger charge is 2.21. The highest BCUT2D eigenvalue weighted by atomic mass is 16.6. The van der Waals surface area contributed by atoms with Crippen molar-refractivity contribution in [2.45, 2.75) is 32.6 Å². The predicted molar refractivity (Wildman–Crippen MR) is 410 cm³/mol. The summed E-state index contributed by atoms with van der Waals surface area (Å²) in [6.45, 7) is 14.8. The molecule has 4 amide bonds. The van der Waals surface area contributed by atoms with Gasteiger partial charge in [0, 0.05) is 142 Å². The number of ether oxygens (including phenoxy) is 14. The van der Waals surface area contributed by atoms with Crippen LogP contribution in [0.5, 0.6) is 0 Å². The molecule has 2 saturated heterocycles. The molecule has 38 heteroatoms. The summed E-state index contributed by atoms with van der Waals surface area (Å²) >= 11 is 0. The Bertz CT molecular complexity index is 3210. The maximum Gasteiger partial charge on any atom is 0.356 e. The van der Waals surface area contributed by atoms with E-state index in [1.165, 1.54) is 40.6 Å². The van der Waals surface area contributed by atoms with Gasteiger partial charge in [-0.1, -0.05) is 12.1 Å². The van der Waals surface area contributed by atoms with Crippen molar-refractivity contribution in [3.05, 3.63) is 106 Å². The van der Waals surface area contributed by atoms with Crippen molar-refractivity contribution in [2.75, 3.05) is 289 Å². The summed E-state index contributed by atoms with van der Waals surface area (Å²) in [4.78, 5) is 132. The van der Waals surface area contributed by atoms with Gasteiger partial charge in [0.15, 0.2) is 11.4 Å². The fourth-order valence-electron chi connectivity index (χ4n) is 11.5. The summed E-state index contributed by atoms with van der Waals surface area (Å²) < 4.78 is 77.9. The second kappa shape index (κ2) is 56.8. The lowest BCUT2D eigenvalue weighted by molar-refractivity contribution is -0.130. The molecule has 628 valence electrons. The van der Waals surface area contributed by atoms with Gasteiger partial charge in [-0.25, -0.2) is 39.1 Å². The van der Waals surface area contributed by atoms with Crippen LogP contribution in [0.1, 0.15) is 71.2 Å². The first-order valence-corrected chi connectivity index (χ1v) is 38.0. The SMILES string of the molecule is COC(=O)c1cccc(CN2CCOCCOCCN(Cc3cc(NC(=O)COCC(=O)NCCN(CCN)CCCN(CCN)CCNC(=O)COCC(=O)Nc4cc(CN5CCOCCOCCN(Cc6cccc(C(=O)OC)n6)CCOCCOCC5)nc(C(=O)OC)c4)cc(C(=O)OC)n3)CCOCCOCC2)n1. The monoisotopic (exact) mass is 1590 g/mol. The molecule has 4 aromatic rings. The average Bonchev–Trinajstić information content (AvgIpc) is 0.847. The molecule has 2 fully saturated rings. The van der Waals surface area contributed by atoms with E-state index < -0.39 is 73.9 Å². The average molecular weight is 1590 g/mol. The molecule has 0 atom stereocenters. The summed E-state index contributed by atoms with van der Waals surface area (Å²) in [5, 5.41) is 11.1. The van der Waals surface area contributed by atoms with Crippen LogP contribution in [0.3, 0.4) is 0 Å². The minimum atomic E-state index is -0.703. The third kappa shape index (κ3) is 40.0. The lowest BCUT2D eigenvalue weighted by atomic mass is 10.2. The number of hydrogen-bond acceptors (Lipinski definition) is 34. The maximum atomic E-state index is 13.2. The first-order chi connectivity index (χ1) is 55.1. The Hall–Kier alpha value is -8.36. The van der Waals surface area contributed by atoms with Gasteiger partial charge in [-0.2, -0.15) is 0 Å². The molecule has 38 nitrogen and oxygen atoms in total. The van der Waals surface area contributed by atoms with Crippen LogP contribution in [0.15, 0.2) is 60.7 Å². The molecule has 0 aromatic carbocycles. The van der Waals surface area contributed by atoms with Crippen molar-refractivity contribution >= 4 is 58.9 Å². The minimum absolute atomic E-state index is 0.0243. The molecule has 4 aromatic heterocycles. The number of methoxy groups -OCH3 is 4. The number of nitrogens with zero attached hydrogens (tertiary/aromatic N) is 10. The van der Waals surface area contributed by atoms with E-state index in [1.54, 1.807) is 36.4 Å². The smallest absolute Gasteiger partial charge is 0.356 e. The number of nitrogens with one attached hydrogen (secondary N) is 4. The van der Waals surface area contributed by atoms with Crippen LogP contribution in [-0.2, 0) is 112 Å². The van der Waals surface area contributed by atoms with Gasteiger partial charge in [-0.15, -0.1) is 0 Å². The highest BCUT2D eigenvalue weighted by molar-refractivity contribution is 5.95. The van der Waals surface area contributed by atoms with Crippen LogP contribution in [0.4, 0.5) is 11.4 Å². The molecule has 0 unspecified atom stereocenters. The Balaban J connectivity index is 0.852. The lowest BCUT2D eigenvalue weighted by Crippen LogP contribution is -2.41. The van der Waals surface area contributed by atoms with Crippen molar-refractivity contribution in [1.29, 1.82) is 0 Å². The van der Waals surface area contributed by atoms with E-state index in [0.717, 1.165) is 6.42 Å². The number of anilines is 2. The molecule has 6 heterocycles. The summed E-state index contributed by atoms with van der Waals surface area (Å²) in [7, 11) is 5.11. The number of nitrogens with two attached hydrogens (primary N) is 2. The predicted octanol–water partition coefficient (Wildman–Crippen LogP) is -1.06. The topological polar surface area (TPSA) is 437 Å². The van der Waals surface area contributed by atoms with E-state index in [4.69, 9.17) is 77.8 Å². The zero-order chi connectivity index (χ0) is 80.9. The van der Waals surface area contributed by atoms with Gasteiger partial charge in [0.2, 0.25) is 23.6 Å². The standard InChI is InChI=1S/C75H116N16O22/c1-100-72(96)64-10-5-8-58(80-64)50-88-22-30-104-38-42-108-34-26-90(27-35-109-43-39-105-31-23-88)52-62-46-60(48-66(82-62)74(98)102-3)84-70(94)56-112-54-68(92)78-14-20-86(18-12-76)16-7-17-87(19-13-77)21-15-79-69(93)55-113-57-71(95)85-61-47-63(83-67(49-61)75(99)103-4)53-91-28-36-110-44-40-106-32-24-89(25-33-107-41-45-111-37-29-91)51-59-9-6-11-65(81-59)73(97)101-2/h5-6,8-11,46-49H,7,12-45,50-57,76-77H2,1-4H3,(H,78,92)(H,79,93)(H,82,84,94)(H,83,85,95). The number of rotatable bonds is 36. The van der Waals surface area contributed by atoms with Crippen LogP contribution < -0.4 is 32.7 Å². The summed E-state index contributed by atoms with van der Waals surface area (Å²) in [5.41, 5.74) is 15.3. The third-order valence-corrected chi connectivity index (χ3v) is 17.2. The molecule has 8 N–H and O–H groups in total. The molecule has 6 rings (SSSR count). The Morgan fingerprint density at radius 1 is 0.363 bits per heavy atom. The maximum absolute atomic E-state index is 13.2. The van der Waals surface area contributed by atoms with Crippen LogP contribution in [0.2, 0.25) is 0 Å². The first kappa shape index (κ1) is 93.5. The van der Waals surface area contributed by atoms with E-state index in [2.05, 4.69) is 60.8 Å². The lowest BCUT2D eigenvalue weighted by Gasteiger charge is -2.25. The van der Waals surface area contributed by atoms with E-state index in [0.29, 0.717) is 246 Å². The van der Waals surface area contributed by atoms with Crippen molar-refractivity contribution in [3.8, 4) is 0 Å². The zero-order valence-corrected chi connectivity index (χ0v) is 65.8. The molecule has 0 saturated carbocycles. The zero-order valence-electron chi connectivity index (χ0n) is 65.8. The number of pyridine rings is 4. The van der Waals surface area contributed by atoms with Gasteiger partial charge >= 0.3 is 23.9 Å². The largest absolute Gasteiger partial charge is 0.464 e. The molecule has 2 aliphatic rings. The van der Waals surface area contributed by atoms with E-state index in [9.17, 15) is 38.4 Å². The van der Waals surface area contributed by atoms with E-state index in [-0.39, 0.29) is 60.3 Å². The Morgan fingerprint density at radius 3 is 0.947 bits per heavy atom. The van der Waals surface area contributed by atoms with E-state index >= 15 is 0 Å². The number of aromatic nitrogens is 4. The highest BCUT2D eigenvalue weighted by Crippen LogP contribution is 2.18. The number of amides is 4. The molecule has 2 aliphatic heterocycles. The summed E-state index contributed by atoms with van der Waals surface area (Å²) in [6, 6.07) is 16.6. The number of esters is 4. The minimum Gasteiger partial charge on any atom is -0.464 e. The normalized spacial score (nSPS) is 16.1. The van der Waals surface area contributed by atoms with E-state index in [1.807, 2.05) is 21.9 Å². The van der Waals surface area contributed by atoms with Gasteiger partial charge in [0.1, 0.15) is 37.8 Å². The van der Waals surface area contributed by atoms with Crippen LogP contribution in [-0.4, -0.2) is 375 Å². The Kier molecular flexibility index (Phi) is 47.0. The van der Waals surface area contributed by atoms with Gasteiger partial charge < -0.3 is 109 Å². The third-order valence-electron chi connectivity index (χ3n) is 17.2. The van der Waals surface area contributed by atoms with Crippen molar-refractivity contribution in [3.63, 3.8) is 0 Å². The molecule has 113 heavy (non-hydrogen) atoms. The van der Waals surface area contributed by atoms with Crippen LogP contribution >= 0.6 is 0 Å². The molecular weight excluding hydrogens is 1480 g/mol. The van der Waals surface area contributed by atoms with Crippen LogP contribution in [0, 0.1) is 0 Å². The van der Waals surface area contributed by atoms with Crippen molar-refractivity contribution < 1.29 is 105 Å². The second-order valence-corrected chi connectivity index (χ2v) is 25.9. The van der Waals surface area contributed by atoms with Gasteiger partial charge in [0.05, 0.1) is 157 Å². The Morgan fingerprint density at radius 2 is 0.646 bits per heavy atom. The molecule has 0 bridgehead atoms. The number of hydrogen-bond donors (Lipinski definition) is 6. The molecule has 0 radical (unpaired) electrons. The number of carbonyl (C=O) groups excluding carboxylic acids is 8. The fourth-order valence-corrected chi connectivity index (χ4v) is 11.5. The van der Waals surface area contributed by atoms with Crippen molar-refractivity contribution in [2.24, 2.45) is 11.5 Å². The van der Waals surface area contributed by atoms with Gasteiger partial charge in [-0.3, -0.25) is 38.8 Å². The molecular formula is C75H116N16O22. The summed E-state index contributed by atoms with van der Waals surface area (Å²) in [6.07, 6.45) is 0.727. The molecule has 0 aliphatic carbocycles. The quantitative estimate of drug-likeness (QED) is 0.0233. The molecule has 0 spiro atoms.